The molecule has 1 atom stereocenters. The van der Waals surface area contributed by atoms with Crippen LogP contribution >= 0.6 is 0 Å². The zero-order chi connectivity index (χ0) is 13.5. The highest BCUT2D eigenvalue weighted by atomic mass is 15.2. The van der Waals surface area contributed by atoms with Gasteiger partial charge in [-0.05, 0) is 44.9 Å². The smallest absolute Gasteiger partial charge is 0.129 e. The fraction of sp³-hybridized carbons (Fsp3) is 0.667. The Labute approximate surface area is 111 Å². The Kier molecular flexibility index (Phi) is 6.13. The molecule has 102 valence electrons. The number of aromatic nitrogens is 1. The molecule has 0 saturated carbocycles. The van der Waals surface area contributed by atoms with E-state index >= 15 is 0 Å². The van der Waals surface area contributed by atoms with Crippen molar-refractivity contribution in [2.24, 2.45) is 5.73 Å². The summed E-state index contributed by atoms with van der Waals surface area (Å²) in [5, 5.41) is 0. The van der Waals surface area contributed by atoms with Gasteiger partial charge in [0.1, 0.15) is 5.82 Å². The first-order chi connectivity index (χ1) is 8.56. The average Bonchev–Trinajstić information content (AvgIpc) is 2.34. The van der Waals surface area contributed by atoms with Crippen molar-refractivity contribution in [1.29, 1.82) is 0 Å². The van der Waals surface area contributed by atoms with Crippen molar-refractivity contribution in [3.05, 3.63) is 23.9 Å². The molecule has 0 unspecified atom stereocenters. The molecule has 1 aromatic heterocycles. The fourth-order valence-corrected chi connectivity index (χ4v) is 2.04. The molecule has 0 aliphatic heterocycles. The topological polar surface area (TPSA) is 42.1 Å². The van der Waals surface area contributed by atoms with Crippen molar-refractivity contribution in [2.45, 2.75) is 59.0 Å². The first-order valence-electron chi connectivity index (χ1n) is 7.04. The second-order valence-corrected chi connectivity index (χ2v) is 5.23. The van der Waals surface area contributed by atoms with Gasteiger partial charge in [0, 0.05) is 24.8 Å². The first kappa shape index (κ1) is 15.0. The number of hydrogen-bond donors (Lipinski definition) is 1. The molecule has 3 nitrogen and oxygen atoms in total. The minimum atomic E-state index is 0.0661. The van der Waals surface area contributed by atoms with E-state index in [1.165, 1.54) is 19.3 Å². The summed E-state index contributed by atoms with van der Waals surface area (Å²) >= 11 is 0. The highest BCUT2D eigenvalue weighted by molar-refractivity contribution is 5.42. The van der Waals surface area contributed by atoms with Crippen molar-refractivity contribution < 1.29 is 0 Å². The number of hydrogen-bond acceptors (Lipinski definition) is 3. The Morgan fingerprint density at radius 3 is 2.56 bits per heavy atom. The van der Waals surface area contributed by atoms with Gasteiger partial charge in [-0.25, -0.2) is 4.98 Å². The van der Waals surface area contributed by atoms with E-state index in [0.717, 1.165) is 17.9 Å². The van der Waals surface area contributed by atoms with Crippen LogP contribution in [0.3, 0.4) is 0 Å². The van der Waals surface area contributed by atoms with Gasteiger partial charge < -0.3 is 10.6 Å². The van der Waals surface area contributed by atoms with Crippen LogP contribution in [0.25, 0.3) is 0 Å². The third-order valence-electron chi connectivity index (χ3n) is 3.22. The summed E-state index contributed by atoms with van der Waals surface area (Å²) in [6, 6.07) is 4.66. The summed E-state index contributed by atoms with van der Waals surface area (Å²) in [6.07, 6.45) is 5.61. The van der Waals surface area contributed by atoms with Crippen molar-refractivity contribution >= 4 is 5.82 Å². The van der Waals surface area contributed by atoms with E-state index in [-0.39, 0.29) is 6.04 Å². The molecule has 0 amide bonds. The summed E-state index contributed by atoms with van der Waals surface area (Å²) in [4.78, 5) is 6.86. The van der Waals surface area contributed by atoms with E-state index in [9.17, 15) is 0 Å². The molecule has 0 bridgehead atoms. The van der Waals surface area contributed by atoms with Crippen molar-refractivity contribution in [3.8, 4) is 0 Å². The molecule has 0 fully saturated rings. The van der Waals surface area contributed by atoms with Gasteiger partial charge >= 0.3 is 0 Å². The summed E-state index contributed by atoms with van der Waals surface area (Å²) in [5.74, 6) is 1.05. The van der Waals surface area contributed by atoms with Gasteiger partial charge in [-0.15, -0.1) is 0 Å². The maximum absolute atomic E-state index is 5.93. The Hall–Kier alpha value is -1.09. The van der Waals surface area contributed by atoms with Gasteiger partial charge in [-0.3, -0.25) is 0 Å². The Balaban J connectivity index is 2.81. The standard InChI is InChI=1S/C15H27N3/c1-5-6-7-10-18(12(2)3)15-11-14(13(4)16)8-9-17-15/h8-9,11-13H,5-7,10,16H2,1-4H3/t13-/m0/s1. The zero-order valence-electron chi connectivity index (χ0n) is 12.2. The molecule has 0 aliphatic carbocycles. The highest BCUT2D eigenvalue weighted by Gasteiger charge is 2.12. The first-order valence-corrected chi connectivity index (χ1v) is 7.04. The summed E-state index contributed by atoms with van der Waals surface area (Å²) in [5.41, 5.74) is 7.09. The number of nitrogens with two attached hydrogens (primary N) is 1. The normalized spacial score (nSPS) is 12.8. The monoisotopic (exact) mass is 249 g/mol. The zero-order valence-corrected chi connectivity index (χ0v) is 12.2. The summed E-state index contributed by atoms with van der Waals surface area (Å²) in [6.45, 7) is 9.74. The van der Waals surface area contributed by atoms with Crippen LogP contribution in [0.5, 0.6) is 0 Å². The molecular formula is C15H27N3. The van der Waals surface area contributed by atoms with Crippen LogP contribution in [0.4, 0.5) is 5.82 Å². The predicted octanol–water partition coefficient (Wildman–Crippen LogP) is 3.51. The molecular weight excluding hydrogens is 222 g/mol. The average molecular weight is 249 g/mol. The molecule has 0 saturated heterocycles. The second-order valence-electron chi connectivity index (χ2n) is 5.23. The van der Waals surface area contributed by atoms with Crippen LogP contribution in [-0.4, -0.2) is 17.6 Å². The third kappa shape index (κ3) is 4.30. The number of unbranched alkanes of at least 4 members (excludes halogenated alkanes) is 2. The lowest BCUT2D eigenvalue weighted by molar-refractivity contribution is 0.619. The lowest BCUT2D eigenvalue weighted by atomic mass is 10.1. The molecule has 1 aromatic rings. The van der Waals surface area contributed by atoms with Crippen molar-refractivity contribution in [3.63, 3.8) is 0 Å². The predicted molar refractivity (Wildman–Crippen MR) is 78.8 cm³/mol. The van der Waals surface area contributed by atoms with E-state index in [0.29, 0.717) is 6.04 Å². The molecule has 0 aromatic carbocycles. The molecule has 0 aliphatic rings. The maximum atomic E-state index is 5.93. The SMILES string of the molecule is CCCCCN(c1cc([C@H](C)N)ccn1)C(C)C. The minimum Gasteiger partial charge on any atom is -0.354 e. The van der Waals surface area contributed by atoms with Gasteiger partial charge in [-0.1, -0.05) is 19.8 Å². The van der Waals surface area contributed by atoms with E-state index in [4.69, 9.17) is 5.73 Å². The van der Waals surface area contributed by atoms with E-state index in [2.05, 4.69) is 36.7 Å². The van der Waals surface area contributed by atoms with Crippen LogP contribution < -0.4 is 10.6 Å². The molecule has 0 spiro atoms. The molecule has 3 heteroatoms. The minimum absolute atomic E-state index is 0.0661. The third-order valence-corrected chi connectivity index (χ3v) is 3.22. The quantitative estimate of drug-likeness (QED) is 0.752. The number of nitrogens with zero attached hydrogens (tertiary/aromatic N) is 2. The summed E-state index contributed by atoms with van der Waals surface area (Å²) < 4.78 is 0. The Morgan fingerprint density at radius 1 is 1.28 bits per heavy atom. The fourth-order valence-electron chi connectivity index (χ4n) is 2.04. The lowest BCUT2D eigenvalue weighted by Crippen LogP contribution is -2.32. The largest absolute Gasteiger partial charge is 0.354 e. The van der Waals surface area contributed by atoms with E-state index < -0.39 is 0 Å². The highest BCUT2D eigenvalue weighted by Crippen LogP contribution is 2.19. The van der Waals surface area contributed by atoms with Gasteiger partial charge in [0.15, 0.2) is 0 Å². The van der Waals surface area contributed by atoms with Crippen LogP contribution in [-0.2, 0) is 0 Å². The molecule has 0 radical (unpaired) electrons. The Morgan fingerprint density at radius 2 is 2.00 bits per heavy atom. The maximum Gasteiger partial charge on any atom is 0.129 e. The van der Waals surface area contributed by atoms with Gasteiger partial charge in [0.2, 0.25) is 0 Å². The Bertz CT molecular complexity index is 347. The van der Waals surface area contributed by atoms with Crippen LogP contribution in [0.2, 0.25) is 0 Å². The molecule has 18 heavy (non-hydrogen) atoms. The van der Waals surface area contributed by atoms with Gasteiger partial charge in [0.05, 0.1) is 0 Å². The van der Waals surface area contributed by atoms with Crippen molar-refractivity contribution in [1.82, 2.24) is 4.98 Å². The van der Waals surface area contributed by atoms with E-state index in [1.807, 2.05) is 19.2 Å². The van der Waals surface area contributed by atoms with Gasteiger partial charge in [-0.2, -0.15) is 0 Å². The number of pyridine rings is 1. The lowest BCUT2D eigenvalue weighted by Gasteiger charge is -2.28. The van der Waals surface area contributed by atoms with Gasteiger partial charge in [0.25, 0.3) is 0 Å². The number of rotatable bonds is 7. The van der Waals surface area contributed by atoms with Crippen LogP contribution in [0.15, 0.2) is 18.3 Å². The van der Waals surface area contributed by atoms with Crippen LogP contribution in [0, 0.1) is 0 Å². The molecule has 2 N–H and O–H groups in total. The molecule has 1 rings (SSSR count). The second kappa shape index (κ2) is 7.37. The summed E-state index contributed by atoms with van der Waals surface area (Å²) in [7, 11) is 0. The van der Waals surface area contributed by atoms with E-state index in [1.54, 1.807) is 0 Å². The molecule has 1 heterocycles. The van der Waals surface area contributed by atoms with Crippen molar-refractivity contribution in [2.75, 3.05) is 11.4 Å². The number of anilines is 1. The van der Waals surface area contributed by atoms with Crippen LogP contribution in [0.1, 0.15) is 58.6 Å².